The predicted octanol–water partition coefficient (Wildman–Crippen LogP) is 1.16. The molecule has 0 rings (SSSR count). The van der Waals surface area contributed by atoms with Crippen molar-refractivity contribution in [3.63, 3.8) is 0 Å². The molecule has 0 fully saturated rings. The molecule has 4 N–H and O–H groups in total. The predicted molar refractivity (Wildman–Crippen MR) is 46.8 cm³/mol. The van der Waals surface area contributed by atoms with Crippen molar-refractivity contribution >= 4 is 24.8 Å². The van der Waals surface area contributed by atoms with Crippen molar-refractivity contribution in [1.29, 1.82) is 0 Å². The minimum absolute atomic E-state index is 0. The van der Waals surface area contributed by atoms with Gasteiger partial charge in [-0.1, -0.05) is 0 Å². The zero-order chi connectivity index (χ0) is 7.49. The third kappa shape index (κ3) is 6.75. The summed E-state index contributed by atoms with van der Waals surface area (Å²) >= 11 is 0. The maximum atomic E-state index is 11.8. The number of rotatable bonds is 3. The molecule has 0 saturated carbocycles. The maximum Gasteiger partial charge on any atom is 0.256 e. The highest BCUT2D eigenvalue weighted by atomic mass is 35.5. The summed E-state index contributed by atoms with van der Waals surface area (Å²) < 4.78 is 23.6. The number of nitrogens with two attached hydrogens (primary N) is 2. The molecule has 6 heteroatoms. The standard InChI is InChI=1S/C5H12F2N2.2ClH/c1-5(9,2-3-8)4(6)7;;/h4H,2-3,8-9H2,1H3;2*1H. The molecule has 1 atom stereocenters. The molecular formula is C5H14Cl2F2N2. The monoisotopic (exact) mass is 210 g/mol. The van der Waals surface area contributed by atoms with Gasteiger partial charge in [-0.2, -0.15) is 0 Å². The Morgan fingerprint density at radius 2 is 1.73 bits per heavy atom. The summed E-state index contributed by atoms with van der Waals surface area (Å²) in [6, 6.07) is 0. The van der Waals surface area contributed by atoms with Crippen molar-refractivity contribution < 1.29 is 8.78 Å². The first kappa shape index (κ1) is 17.4. The van der Waals surface area contributed by atoms with Gasteiger partial charge in [-0.15, -0.1) is 24.8 Å². The summed E-state index contributed by atoms with van der Waals surface area (Å²) in [6.07, 6.45) is -2.33. The van der Waals surface area contributed by atoms with Gasteiger partial charge in [0.25, 0.3) is 6.43 Å². The van der Waals surface area contributed by atoms with E-state index in [2.05, 4.69) is 0 Å². The summed E-state index contributed by atoms with van der Waals surface area (Å²) in [5, 5.41) is 0. The summed E-state index contributed by atoms with van der Waals surface area (Å²) in [5.41, 5.74) is 8.77. The lowest BCUT2D eigenvalue weighted by Gasteiger charge is -2.21. The minimum Gasteiger partial charge on any atom is -0.330 e. The van der Waals surface area contributed by atoms with Crippen molar-refractivity contribution in [3.8, 4) is 0 Å². The molecule has 2 nitrogen and oxygen atoms in total. The van der Waals surface area contributed by atoms with Crippen LogP contribution < -0.4 is 11.5 Å². The molecule has 0 aliphatic rings. The van der Waals surface area contributed by atoms with Crippen LogP contribution in [-0.4, -0.2) is 18.5 Å². The fraction of sp³-hybridized carbons (Fsp3) is 1.00. The van der Waals surface area contributed by atoms with E-state index in [9.17, 15) is 8.78 Å². The average Bonchev–Trinajstić information content (AvgIpc) is 1.65. The van der Waals surface area contributed by atoms with E-state index in [4.69, 9.17) is 11.5 Å². The highest BCUT2D eigenvalue weighted by Gasteiger charge is 2.28. The van der Waals surface area contributed by atoms with Gasteiger partial charge in [-0.3, -0.25) is 0 Å². The molecule has 0 spiro atoms. The van der Waals surface area contributed by atoms with Crippen LogP contribution >= 0.6 is 24.8 Å². The number of halogens is 4. The lowest BCUT2D eigenvalue weighted by Crippen LogP contribution is -2.45. The van der Waals surface area contributed by atoms with Crippen molar-refractivity contribution in [3.05, 3.63) is 0 Å². The van der Waals surface area contributed by atoms with E-state index in [1.165, 1.54) is 6.92 Å². The molecule has 0 amide bonds. The quantitative estimate of drug-likeness (QED) is 0.735. The second kappa shape index (κ2) is 7.03. The summed E-state index contributed by atoms with van der Waals surface area (Å²) in [4.78, 5) is 0. The van der Waals surface area contributed by atoms with E-state index in [1.807, 2.05) is 0 Å². The molecule has 0 radical (unpaired) electrons. The Bertz CT molecular complexity index is 90.6. The molecule has 0 aromatic heterocycles. The first-order valence-corrected chi connectivity index (χ1v) is 2.78. The molecular weight excluding hydrogens is 197 g/mol. The molecule has 0 saturated heterocycles. The number of alkyl halides is 2. The van der Waals surface area contributed by atoms with Gasteiger partial charge in [-0.05, 0) is 19.9 Å². The van der Waals surface area contributed by atoms with E-state index >= 15 is 0 Å². The molecule has 0 aliphatic carbocycles. The van der Waals surface area contributed by atoms with Gasteiger partial charge in [0.1, 0.15) is 0 Å². The van der Waals surface area contributed by atoms with Crippen molar-refractivity contribution in [2.24, 2.45) is 11.5 Å². The fourth-order valence-electron chi connectivity index (χ4n) is 0.420. The lowest BCUT2D eigenvalue weighted by molar-refractivity contribution is 0.0603. The van der Waals surface area contributed by atoms with Gasteiger partial charge in [0.15, 0.2) is 0 Å². The highest BCUT2D eigenvalue weighted by molar-refractivity contribution is 5.85. The number of hydrogen-bond donors (Lipinski definition) is 2. The maximum absolute atomic E-state index is 11.8. The third-order valence-corrected chi connectivity index (χ3v) is 1.18. The van der Waals surface area contributed by atoms with Gasteiger partial charge in [-0.25, -0.2) is 8.78 Å². The highest BCUT2D eigenvalue weighted by Crippen LogP contribution is 2.14. The zero-order valence-corrected chi connectivity index (χ0v) is 7.85. The zero-order valence-electron chi connectivity index (χ0n) is 6.22. The van der Waals surface area contributed by atoms with E-state index in [1.54, 1.807) is 0 Å². The second-order valence-corrected chi connectivity index (χ2v) is 2.35. The third-order valence-electron chi connectivity index (χ3n) is 1.18. The number of hydrogen-bond acceptors (Lipinski definition) is 2. The van der Waals surface area contributed by atoms with Gasteiger partial charge >= 0.3 is 0 Å². The van der Waals surface area contributed by atoms with Crippen LogP contribution in [0.4, 0.5) is 8.78 Å². The van der Waals surface area contributed by atoms with Crippen LogP contribution in [0.3, 0.4) is 0 Å². The van der Waals surface area contributed by atoms with Crippen molar-refractivity contribution in [2.45, 2.75) is 25.3 Å². The fourth-order valence-corrected chi connectivity index (χ4v) is 0.420. The van der Waals surface area contributed by atoms with E-state index in [-0.39, 0.29) is 37.8 Å². The summed E-state index contributed by atoms with van der Waals surface area (Å²) in [7, 11) is 0. The Kier molecular flexibility index (Phi) is 11.2. The Morgan fingerprint density at radius 1 is 1.36 bits per heavy atom. The van der Waals surface area contributed by atoms with Crippen molar-refractivity contribution in [2.75, 3.05) is 6.54 Å². The first-order chi connectivity index (χ1) is 4.00. The van der Waals surface area contributed by atoms with Gasteiger partial charge in [0.05, 0.1) is 5.54 Å². The van der Waals surface area contributed by atoms with Crippen LogP contribution in [0.5, 0.6) is 0 Å². The van der Waals surface area contributed by atoms with Crippen LogP contribution in [-0.2, 0) is 0 Å². The Labute approximate surface area is 77.5 Å². The summed E-state index contributed by atoms with van der Waals surface area (Å²) in [5.74, 6) is 0. The van der Waals surface area contributed by atoms with E-state index < -0.39 is 12.0 Å². The van der Waals surface area contributed by atoms with Crippen LogP contribution in [0.25, 0.3) is 0 Å². The molecule has 0 aromatic rings. The van der Waals surface area contributed by atoms with E-state index in [0.717, 1.165) is 0 Å². The van der Waals surface area contributed by atoms with Crippen LogP contribution in [0.2, 0.25) is 0 Å². The van der Waals surface area contributed by atoms with Crippen LogP contribution in [0, 0.1) is 0 Å². The lowest BCUT2D eigenvalue weighted by atomic mass is 10.0. The summed E-state index contributed by atoms with van der Waals surface area (Å²) in [6.45, 7) is 1.50. The molecule has 0 aromatic carbocycles. The smallest absolute Gasteiger partial charge is 0.256 e. The normalized spacial score (nSPS) is 14.7. The molecule has 72 valence electrons. The Morgan fingerprint density at radius 3 is 1.82 bits per heavy atom. The van der Waals surface area contributed by atoms with Gasteiger partial charge in [0, 0.05) is 0 Å². The van der Waals surface area contributed by atoms with Gasteiger partial charge < -0.3 is 11.5 Å². The van der Waals surface area contributed by atoms with E-state index in [0.29, 0.717) is 0 Å². The largest absolute Gasteiger partial charge is 0.330 e. The molecule has 0 aliphatic heterocycles. The van der Waals surface area contributed by atoms with Crippen LogP contribution in [0.1, 0.15) is 13.3 Å². The van der Waals surface area contributed by atoms with Crippen molar-refractivity contribution in [1.82, 2.24) is 0 Å². The first-order valence-electron chi connectivity index (χ1n) is 2.78. The molecule has 0 bridgehead atoms. The molecule has 11 heavy (non-hydrogen) atoms. The topological polar surface area (TPSA) is 52.0 Å². The minimum atomic E-state index is -2.49. The SMILES string of the molecule is CC(N)(CCN)C(F)F.Cl.Cl. The van der Waals surface area contributed by atoms with Crippen LogP contribution in [0.15, 0.2) is 0 Å². The Hall–Kier alpha value is 0.360. The van der Waals surface area contributed by atoms with Gasteiger partial charge in [0.2, 0.25) is 0 Å². The molecule has 1 unspecified atom stereocenters. The molecule has 0 heterocycles. The average molecular weight is 211 g/mol. The Balaban J connectivity index is -0.000000320. The second-order valence-electron chi connectivity index (χ2n) is 2.35.